The van der Waals surface area contributed by atoms with Gasteiger partial charge in [-0.1, -0.05) is 18.2 Å². The normalized spacial score (nSPS) is 14.7. The number of rotatable bonds is 2. The van der Waals surface area contributed by atoms with Crippen molar-refractivity contribution in [3.05, 3.63) is 53.4 Å². The van der Waals surface area contributed by atoms with Gasteiger partial charge in [0.2, 0.25) is 0 Å². The Morgan fingerprint density at radius 2 is 2.19 bits per heavy atom. The third kappa shape index (κ3) is 1.96. The fourth-order valence-electron chi connectivity index (χ4n) is 1.73. The Hall–Kier alpha value is -1.70. The zero-order chi connectivity index (χ0) is 11.7. The maximum atomic E-state index is 13.6. The van der Waals surface area contributed by atoms with Crippen LogP contribution in [-0.4, -0.2) is 12.3 Å². The highest BCUT2D eigenvalue weighted by molar-refractivity contribution is 6.14. The Balaban J connectivity index is 2.38. The lowest BCUT2D eigenvalue weighted by Crippen LogP contribution is -1.92. The van der Waals surface area contributed by atoms with Crippen molar-refractivity contribution in [1.82, 2.24) is 0 Å². The molecule has 1 aliphatic rings. The first kappa shape index (κ1) is 10.8. The lowest BCUT2D eigenvalue weighted by Gasteiger charge is -2.04. The average molecular weight is 215 g/mol. The molecule has 1 heterocycles. The Kier molecular flexibility index (Phi) is 2.73. The minimum Gasteiger partial charge on any atom is -0.280 e. The molecule has 82 valence electrons. The van der Waals surface area contributed by atoms with E-state index in [1.807, 2.05) is 26.0 Å². The number of benzene rings is 1. The fourth-order valence-corrected chi connectivity index (χ4v) is 1.73. The zero-order valence-corrected chi connectivity index (χ0v) is 9.55. The Labute approximate surface area is 95.0 Å². The van der Waals surface area contributed by atoms with Crippen LogP contribution in [0, 0.1) is 12.7 Å². The number of hydrogen-bond donors (Lipinski definition) is 0. The number of nitrogens with zero attached hydrogens (tertiary/aromatic N) is 1. The first-order valence-electron chi connectivity index (χ1n) is 5.25. The Morgan fingerprint density at radius 3 is 2.81 bits per heavy atom. The molecule has 1 nitrogen and oxygen atoms in total. The van der Waals surface area contributed by atoms with E-state index in [0.717, 1.165) is 22.4 Å². The van der Waals surface area contributed by atoms with Crippen molar-refractivity contribution in [2.75, 3.05) is 6.54 Å². The molecule has 1 aromatic rings. The molecular weight excluding hydrogens is 201 g/mol. The fraction of sp³-hybridized carbons (Fsp3) is 0.214. The van der Waals surface area contributed by atoms with Gasteiger partial charge >= 0.3 is 0 Å². The van der Waals surface area contributed by atoms with E-state index in [0.29, 0.717) is 12.1 Å². The topological polar surface area (TPSA) is 12.4 Å². The summed E-state index contributed by atoms with van der Waals surface area (Å²) in [6.45, 7) is 8.25. The van der Waals surface area contributed by atoms with E-state index >= 15 is 0 Å². The number of halogens is 1. The van der Waals surface area contributed by atoms with Crippen LogP contribution in [0.4, 0.5) is 4.39 Å². The molecule has 0 amide bonds. The lowest BCUT2D eigenvalue weighted by molar-refractivity contribution is 0.623. The maximum Gasteiger partial charge on any atom is 0.130 e. The average Bonchev–Trinajstić information content (AvgIpc) is 2.70. The van der Waals surface area contributed by atoms with Crippen molar-refractivity contribution in [3.8, 4) is 0 Å². The first-order valence-corrected chi connectivity index (χ1v) is 5.25. The quantitative estimate of drug-likeness (QED) is 0.715. The van der Waals surface area contributed by atoms with E-state index in [1.165, 1.54) is 6.07 Å². The third-order valence-corrected chi connectivity index (χ3v) is 2.64. The maximum absolute atomic E-state index is 13.6. The molecule has 0 atom stereocenters. The summed E-state index contributed by atoms with van der Waals surface area (Å²) in [6, 6.07) is 5.14. The Morgan fingerprint density at radius 1 is 1.44 bits per heavy atom. The smallest absolute Gasteiger partial charge is 0.130 e. The monoisotopic (exact) mass is 215 g/mol. The van der Waals surface area contributed by atoms with Gasteiger partial charge in [-0.25, -0.2) is 4.39 Å². The summed E-state index contributed by atoms with van der Waals surface area (Å²) in [5, 5.41) is 0. The van der Waals surface area contributed by atoms with Gasteiger partial charge in [0.05, 0.1) is 12.3 Å². The standard InChI is InChI=1S/C14H14FN/c1-9(2)14-7-11(8-16-14)12-6-10(3)4-5-13(12)15/h4-7H,1,8H2,2-3H3. The van der Waals surface area contributed by atoms with Crippen LogP contribution in [0.5, 0.6) is 0 Å². The van der Waals surface area contributed by atoms with E-state index < -0.39 is 0 Å². The summed E-state index contributed by atoms with van der Waals surface area (Å²) in [4.78, 5) is 4.32. The van der Waals surface area contributed by atoms with Gasteiger partial charge in [0, 0.05) is 5.56 Å². The van der Waals surface area contributed by atoms with E-state index in [2.05, 4.69) is 11.6 Å². The van der Waals surface area contributed by atoms with Crippen LogP contribution in [0.25, 0.3) is 5.57 Å². The molecule has 0 saturated heterocycles. The molecule has 0 spiro atoms. The molecule has 0 fully saturated rings. The number of aryl methyl sites for hydroxylation is 1. The van der Waals surface area contributed by atoms with Gasteiger partial charge in [0.1, 0.15) is 5.82 Å². The van der Waals surface area contributed by atoms with Gasteiger partial charge in [-0.15, -0.1) is 0 Å². The minimum atomic E-state index is -0.185. The van der Waals surface area contributed by atoms with E-state index in [9.17, 15) is 4.39 Å². The van der Waals surface area contributed by atoms with E-state index in [4.69, 9.17) is 0 Å². The molecular formula is C14H14FN. The molecule has 2 heteroatoms. The molecule has 0 unspecified atom stereocenters. The summed E-state index contributed by atoms with van der Waals surface area (Å²) < 4.78 is 13.6. The van der Waals surface area contributed by atoms with E-state index in [-0.39, 0.29) is 5.82 Å². The minimum absolute atomic E-state index is 0.185. The lowest BCUT2D eigenvalue weighted by atomic mass is 10.0. The van der Waals surface area contributed by atoms with Crippen molar-refractivity contribution in [2.24, 2.45) is 4.99 Å². The molecule has 0 bridgehead atoms. The second-order valence-corrected chi connectivity index (χ2v) is 4.13. The molecule has 0 aliphatic carbocycles. The van der Waals surface area contributed by atoms with Gasteiger partial charge in [0.15, 0.2) is 0 Å². The van der Waals surface area contributed by atoms with Crippen LogP contribution in [-0.2, 0) is 0 Å². The van der Waals surface area contributed by atoms with Crippen LogP contribution in [0.15, 0.2) is 41.4 Å². The predicted octanol–water partition coefficient (Wildman–Crippen LogP) is 3.55. The van der Waals surface area contributed by atoms with E-state index in [1.54, 1.807) is 6.07 Å². The van der Waals surface area contributed by atoms with Gasteiger partial charge in [-0.05, 0) is 43.2 Å². The first-order chi connectivity index (χ1) is 7.58. The summed E-state index contributed by atoms with van der Waals surface area (Å²) >= 11 is 0. The molecule has 2 rings (SSSR count). The second kappa shape index (κ2) is 4.05. The summed E-state index contributed by atoms with van der Waals surface area (Å²) in [5.74, 6) is -0.185. The molecule has 0 N–H and O–H groups in total. The van der Waals surface area contributed by atoms with Crippen molar-refractivity contribution in [3.63, 3.8) is 0 Å². The molecule has 0 aromatic heterocycles. The number of allylic oxidation sites excluding steroid dienone is 2. The van der Waals surface area contributed by atoms with Crippen molar-refractivity contribution in [2.45, 2.75) is 13.8 Å². The summed E-state index contributed by atoms with van der Waals surface area (Å²) in [5.41, 5.74) is 4.43. The van der Waals surface area contributed by atoms with Crippen LogP contribution in [0.3, 0.4) is 0 Å². The molecule has 0 radical (unpaired) electrons. The molecule has 1 aliphatic heterocycles. The highest BCUT2D eigenvalue weighted by Crippen LogP contribution is 2.24. The second-order valence-electron chi connectivity index (χ2n) is 4.13. The predicted molar refractivity (Wildman–Crippen MR) is 66.2 cm³/mol. The van der Waals surface area contributed by atoms with Crippen LogP contribution in [0.2, 0.25) is 0 Å². The van der Waals surface area contributed by atoms with Gasteiger partial charge in [-0.2, -0.15) is 0 Å². The molecule has 0 saturated carbocycles. The van der Waals surface area contributed by atoms with Gasteiger partial charge in [-0.3, -0.25) is 4.99 Å². The van der Waals surface area contributed by atoms with Crippen molar-refractivity contribution in [1.29, 1.82) is 0 Å². The largest absolute Gasteiger partial charge is 0.280 e. The SMILES string of the molecule is C=C(C)C1=NCC(c2cc(C)ccc2F)=C1. The zero-order valence-electron chi connectivity index (χ0n) is 9.55. The van der Waals surface area contributed by atoms with Crippen LogP contribution >= 0.6 is 0 Å². The third-order valence-electron chi connectivity index (χ3n) is 2.64. The highest BCUT2D eigenvalue weighted by atomic mass is 19.1. The summed E-state index contributed by atoms with van der Waals surface area (Å²) in [6.07, 6.45) is 1.92. The van der Waals surface area contributed by atoms with Crippen LogP contribution < -0.4 is 0 Å². The van der Waals surface area contributed by atoms with Gasteiger partial charge in [0.25, 0.3) is 0 Å². The van der Waals surface area contributed by atoms with Gasteiger partial charge < -0.3 is 0 Å². The van der Waals surface area contributed by atoms with Crippen molar-refractivity contribution >= 4 is 11.3 Å². The number of aliphatic imine (C=N–C) groups is 1. The van der Waals surface area contributed by atoms with Crippen molar-refractivity contribution < 1.29 is 4.39 Å². The summed E-state index contributed by atoms with van der Waals surface area (Å²) in [7, 11) is 0. The Bertz CT molecular complexity index is 509. The van der Waals surface area contributed by atoms with Crippen LogP contribution in [0.1, 0.15) is 18.1 Å². The number of hydrogen-bond acceptors (Lipinski definition) is 1. The highest BCUT2D eigenvalue weighted by Gasteiger charge is 2.13. The molecule has 1 aromatic carbocycles. The molecule has 16 heavy (non-hydrogen) atoms.